The van der Waals surface area contributed by atoms with E-state index in [1.165, 1.54) is 19.5 Å². The van der Waals surface area contributed by atoms with E-state index in [1.54, 1.807) is 6.07 Å². The molecule has 0 aliphatic rings. The highest BCUT2D eigenvalue weighted by atomic mass is 35.5. The zero-order valence-electron chi connectivity index (χ0n) is 8.79. The van der Waals surface area contributed by atoms with E-state index < -0.39 is 0 Å². The summed E-state index contributed by atoms with van der Waals surface area (Å²) in [5.74, 6) is 0.395. The average molecular weight is 254 g/mol. The number of nitrogen functional groups attached to an aromatic ring is 1. The van der Waals surface area contributed by atoms with Gasteiger partial charge in [0.05, 0.1) is 18.3 Å². The molecule has 0 aliphatic heterocycles. The van der Waals surface area contributed by atoms with Crippen LogP contribution in [0.5, 0.6) is 17.8 Å². The molecule has 0 radical (unpaired) electrons. The molecule has 2 aromatic heterocycles. The Hall–Kier alpha value is -2.15. The van der Waals surface area contributed by atoms with Crippen LogP contribution in [-0.2, 0) is 0 Å². The fourth-order valence-electron chi connectivity index (χ4n) is 1.04. The van der Waals surface area contributed by atoms with Gasteiger partial charge in [-0.15, -0.1) is 4.98 Å². The van der Waals surface area contributed by atoms with E-state index in [-0.39, 0.29) is 18.0 Å². The second-order valence-electron chi connectivity index (χ2n) is 2.90. The normalized spacial score (nSPS) is 10.0. The summed E-state index contributed by atoms with van der Waals surface area (Å²) in [5.41, 5.74) is 5.45. The molecule has 2 N–H and O–H groups in total. The standard InChI is InChI=1S/C9H8ClN5O2/c1-16-8-13-7(11)14-9(15-8)17-6-2-5(10)3-12-4-6/h2-4H,1H3,(H2,11,13,14,15). The van der Waals surface area contributed by atoms with Crippen LogP contribution in [0.25, 0.3) is 0 Å². The number of anilines is 1. The average Bonchev–Trinajstić information content (AvgIpc) is 2.28. The van der Waals surface area contributed by atoms with Crippen molar-refractivity contribution in [3.8, 4) is 17.8 Å². The number of nitrogens with two attached hydrogens (primary N) is 1. The Morgan fingerprint density at radius 3 is 2.65 bits per heavy atom. The molecular weight excluding hydrogens is 246 g/mol. The van der Waals surface area contributed by atoms with Crippen LogP contribution in [-0.4, -0.2) is 27.0 Å². The minimum atomic E-state index is 0.00170. The third-order valence-corrected chi connectivity index (χ3v) is 1.89. The summed E-state index contributed by atoms with van der Waals surface area (Å²) in [6.45, 7) is 0. The van der Waals surface area contributed by atoms with Gasteiger partial charge in [0, 0.05) is 12.3 Å². The maximum Gasteiger partial charge on any atom is 0.330 e. The Morgan fingerprint density at radius 2 is 1.94 bits per heavy atom. The quantitative estimate of drug-likeness (QED) is 0.881. The van der Waals surface area contributed by atoms with Crippen LogP contribution in [0.15, 0.2) is 18.5 Å². The van der Waals surface area contributed by atoms with E-state index in [4.69, 9.17) is 26.8 Å². The second kappa shape index (κ2) is 4.79. The summed E-state index contributed by atoms with van der Waals surface area (Å²) < 4.78 is 10.1. The van der Waals surface area contributed by atoms with Crippen molar-refractivity contribution in [3.63, 3.8) is 0 Å². The molecule has 0 bridgehead atoms. The monoisotopic (exact) mass is 253 g/mol. The fourth-order valence-corrected chi connectivity index (χ4v) is 1.21. The molecule has 0 aromatic carbocycles. The summed E-state index contributed by atoms with van der Waals surface area (Å²) in [5, 5.41) is 0.441. The molecule has 0 saturated heterocycles. The largest absolute Gasteiger partial charge is 0.467 e. The number of rotatable bonds is 3. The van der Waals surface area contributed by atoms with Gasteiger partial charge < -0.3 is 15.2 Å². The molecule has 0 saturated carbocycles. The van der Waals surface area contributed by atoms with E-state index >= 15 is 0 Å². The minimum absolute atomic E-state index is 0.00170. The summed E-state index contributed by atoms with van der Waals surface area (Å²) in [6, 6.07) is 1.65. The number of hydrogen-bond acceptors (Lipinski definition) is 7. The Bertz CT molecular complexity index is 537. The van der Waals surface area contributed by atoms with E-state index in [0.29, 0.717) is 10.8 Å². The number of ether oxygens (including phenoxy) is 2. The predicted octanol–water partition coefficient (Wildman–Crippen LogP) is 1.30. The first kappa shape index (κ1) is 11.3. The van der Waals surface area contributed by atoms with Gasteiger partial charge >= 0.3 is 12.0 Å². The molecule has 2 rings (SSSR count). The number of halogens is 1. The van der Waals surface area contributed by atoms with Crippen molar-refractivity contribution >= 4 is 17.5 Å². The smallest absolute Gasteiger partial charge is 0.330 e. The molecule has 8 heteroatoms. The van der Waals surface area contributed by atoms with Crippen molar-refractivity contribution in [2.24, 2.45) is 0 Å². The fraction of sp³-hybridized carbons (Fsp3) is 0.111. The Kier molecular flexibility index (Phi) is 3.20. The molecule has 0 amide bonds. The first-order valence-corrected chi connectivity index (χ1v) is 4.89. The molecule has 0 aliphatic carbocycles. The Morgan fingerprint density at radius 1 is 1.18 bits per heavy atom. The summed E-state index contributed by atoms with van der Waals surface area (Å²) in [4.78, 5) is 15.2. The van der Waals surface area contributed by atoms with E-state index in [9.17, 15) is 0 Å². The molecule has 2 aromatic rings. The van der Waals surface area contributed by atoms with Crippen molar-refractivity contribution < 1.29 is 9.47 Å². The molecule has 88 valence electrons. The van der Waals surface area contributed by atoms with E-state index in [2.05, 4.69) is 19.9 Å². The first-order chi connectivity index (χ1) is 8.17. The van der Waals surface area contributed by atoms with Gasteiger partial charge in [-0.3, -0.25) is 4.98 Å². The lowest BCUT2D eigenvalue weighted by Crippen LogP contribution is -2.02. The van der Waals surface area contributed by atoms with Gasteiger partial charge in [-0.1, -0.05) is 11.6 Å². The summed E-state index contributed by atoms with van der Waals surface area (Å²) >= 11 is 5.76. The van der Waals surface area contributed by atoms with E-state index in [0.717, 1.165) is 0 Å². The number of aromatic nitrogens is 4. The third kappa shape index (κ3) is 2.91. The lowest BCUT2D eigenvalue weighted by Gasteiger charge is -2.05. The van der Waals surface area contributed by atoms with Crippen molar-refractivity contribution in [1.82, 2.24) is 19.9 Å². The van der Waals surface area contributed by atoms with Gasteiger partial charge in [0.2, 0.25) is 5.95 Å². The molecule has 2 heterocycles. The van der Waals surface area contributed by atoms with Gasteiger partial charge in [0.25, 0.3) is 0 Å². The molecule has 0 unspecified atom stereocenters. The number of pyridine rings is 1. The Balaban J connectivity index is 2.26. The lowest BCUT2D eigenvalue weighted by molar-refractivity contribution is 0.360. The van der Waals surface area contributed by atoms with Crippen molar-refractivity contribution in [3.05, 3.63) is 23.5 Å². The van der Waals surface area contributed by atoms with Crippen LogP contribution >= 0.6 is 11.6 Å². The van der Waals surface area contributed by atoms with Crippen LogP contribution in [0.2, 0.25) is 5.02 Å². The topological polar surface area (TPSA) is 96.0 Å². The lowest BCUT2D eigenvalue weighted by atomic mass is 10.5. The molecule has 0 spiro atoms. The SMILES string of the molecule is COc1nc(N)nc(Oc2cncc(Cl)c2)n1. The highest BCUT2D eigenvalue weighted by Crippen LogP contribution is 2.21. The summed E-state index contributed by atoms with van der Waals surface area (Å²) in [7, 11) is 1.42. The zero-order chi connectivity index (χ0) is 12.3. The third-order valence-electron chi connectivity index (χ3n) is 1.68. The zero-order valence-corrected chi connectivity index (χ0v) is 9.55. The van der Waals surface area contributed by atoms with Gasteiger partial charge in [0.15, 0.2) is 5.75 Å². The predicted molar refractivity (Wildman–Crippen MR) is 60.1 cm³/mol. The summed E-state index contributed by atoms with van der Waals surface area (Å²) in [6.07, 6.45) is 2.95. The van der Waals surface area contributed by atoms with Crippen LogP contribution in [0.3, 0.4) is 0 Å². The molecule has 0 atom stereocenters. The molecule has 17 heavy (non-hydrogen) atoms. The molecule has 0 fully saturated rings. The van der Waals surface area contributed by atoms with Crippen molar-refractivity contribution in [2.75, 3.05) is 12.8 Å². The van der Waals surface area contributed by atoms with Crippen molar-refractivity contribution in [1.29, 1.82) is 0 Å². The van der Waals surface area contributed by atoms with Gasteiger partial charge in [-0.25, -0.2) is 0 Å². The minimum Gasteiger partial charge on any atom is -0.467 e. The van der Waals surface area contributed by atoms with Gasteiger partial charge in [-0.2, -0.15) is 9.97 Å². The van der Waals surface area contributed by atoms with Crippen LogP contribution < -0.4 is 15.2 Å². The van der Waals surface area contributed by atoms with Crippen LogP contribution in [0, 0.1) is 0 Å². The number of methoxy groups -OCH3 is 1. The van der Waals surface area contributed by atoms with Gasteiger partial charge in [-0.05, 0) is 0 Å². The highest BCUT2D eigenvalue weighted by Gasteiger charge is 2.07. The molecular formula is C9H8ClN5O2. The number of nitrogens with zero attached hydrogens (tertiary/aromatic N) is 4. The van der Waals surface area contributed by atoms with Crippen LogP contribution in [0.4, 0.5) is 5.95 Å². The van der Waals surface area contributed by atoms with Gasteiger partial charge in [0.1, 0.15) is 0 Å². The first-order valence-electron chi connectivity index (χ1n) is 4.51. The maximum absolute atomic E-state index is 5.76. The highest BCUT2D eigenvalue weighted by molar-refractivity contribution is 6.30. The Labute approximate surface area is 102 Å². The second-order valence-corrected chi connectivity index (χ2v) is 3.34. The number of hydrogen-bond donors (Lipinski definition) is 1. The van der Waals surface area contributed by atoms with Crippen molar-refractivity contribution in [2.45, 2.75) is 0 Å². The maximum atomic E-state index is 5.76. The van der Waals surface area contributed by atoms with E-state index in [1.807, 2.05) is 0 Å². The van der Waals surface area contributed by atoms with Crippen LogP contribution in [0.1, 0.15) is 0 Å². The molecule has 7 nitrogen and oxygen atoms in total.